The normalized spacial score (nSPS) is 12.3. The van der Waals surface area contributed by atoms with Gasteiger partial charge in [-0.25, -0.2) is 0 Å². The van der Waals surface area contributed by atoms with Crippen molar-refractivity contribution in [2.24, 2.45) is 0 Å². The van der Waals surface area contributed by atoms with Crippen LogP contribution in [0.15, 0.2) is 54.0 Å². The van der Waals surface area contributed by atoms with Gasteiger partial charge in [0.15, 0.2) is 11.7 Å². The number of hydrogen-bond acceptors (Lipinski definition) is 6. The van der Waals surface area contributed by atoms with E-state index in [0.29, 0.717) is 16.4 Å². The lowest BCUT2D eigenvalue weighted by Gasteiger charge is -2.33. The van der Waals surface area contributed by atoms with E-state index in [0.717, 1.165) is 18.0 Å². The van der Waals surface area contributed by atoms with Crippen LogP contribution in [-0.2, 0) is 4.79 Å². The molecule has 3 aromatic rings. The number of aromatic nitrogens is 3. The first kappa shape index (κ1) is 21.9. The van der Waals surface area contributed by atoms with E-state index in [2.05, 4.69) is 19.9 Å². The number of amides is 2. The molecule has 0 aliphatic rings. The molecular formula is C21H22ClN5O2S. The molecule has 0 spiro atoms. The molecule has 0 unspecified atom stereocenters. The lowest BCUT2D eigenvalue weighted by atomic mass is 10.00. The zero-order valence-electron chi connectivity index (χ0n) is 16.9. The van der Waals surface area contributed by atoms with Crippen molar-refractivity contribution in [1.82, 2.24) is 19.9 Å². The lowest BCUT2D eigenvalue weighted by Crippen LogP contribution is -2.50. The lowest BCUT2D eigenvalue weighted by molar-refractivity contribution is -0.124. The Kier molecular flexibility index (Phi) is 6.79. The van der Waals surface area contributed by atoms with E-state index in [9.17, 15) is 9.59 Å². The van der Waals surface area contributed by atoms with Gasteiger partial charge in [0.05, 0.1) is 5.69 Å². The van der Waals surface area contributed by atoms with Gasteiger partial charge in [-0.2, -0.15) is 0 Å². The molecule has 30 heavy (non-hydrogen) atoms. The number of nitrogens with one attached hydrogen (secondary N) is 1. The maximum Gasteiger partial charge on any atom is 0.280 e. The number of nitrogens with zero attached hydrogens (tertiary/aromatic N) is 4. The largest absolute Gasteiger partial charge is 0.349 e. The minimum absolute atomic E-state index is 0.142. The van der Waals surface area contributed by atoms with Crippen molar-refractivity contribution < 1.29 is 9.59 Å². The standard InChI is InChI=1S/C21H22ClN5O2S/c1-4-21(2,3)24-19(28)18(16-10-5-6-11-23-16)27(15-9-7-8-14(22)12-15)20(29)17-13-30-26-25-17/h5-13,18H,4H2,1-3H3,(H,24,28)/t18-/m1/s1. The van der Waals surface area contributed by atoms with E-state index >= 15 is 0 Å². The number of anilines is 1. The molecule has 0 fully saturated rings. The smallest absolute Gasteiger partial charge is 0.280 e. The van der Waals surface area contributed by atoms with Crippen molar-refractivity contribution in [2.75, 3.05) is 4.90 Å². The number of carbonyl (C=O) groups is 2. The number of benzene rings is 1. The van der Waals surface area contributed by atoms with Crippen molar-refractivity contribution in [2.45, 2.75) is 38.8 Å². The van der Waals surface area contributed by atoms with Gasteiger partial charge >= 0.3 is 0 Å². The molecule has 0 saturated carbocycles. The summed E-state index contributed by atoms with van der Waals surface area (Å²) in [6.07, 6.45) is 2.31. The molecule has 1 aromatic carbocycles. The van der Waals surface area contributed by atoms with Crippen LogP contribution in [0.25, 0.3) is 0 Å². The SMILES string of the molecule is CCC(C)(C)NC(=O)[C@@H](c1ccccn1)N(C(=O)c1csnn1)c1cccc(Cl)c1. The maximum absolute atomic E-state index is 13.5. The highest BCUT2D eigenvalue weighted by Crippen LogP contribution is 2.31. The number of hydrogen-bond donors (Lipinski definition) is 1. The second-order valence-corrected chi connectivity index (χ2v) is 8.38. The number of halogens is 1. The van der Waals surface area contributed by atoms with E-state index in [1.807, 2.05) is 20.8 Å². The monoisotopic (exact) mass is 443 g/mol. The summed E-state index contributed by atoms with van der Waals surface area (Å²) in [5, 5.41) is 8.92. The van der Waals surface area contributed by atoms with Crippen molar-refractivity contribution in [1.29, 1.82) is 0 Å². The van der Waals surface area contributed by atoms with Crippen LogP contribution >= 0.6 is 23.1 Å². The molecule has 0 bridgehead atoms. The van der Waals surface area contributed by atoms with Crippen LogP contribution in [0.5, 0.6) is 0 Å². The molecule has 0 aliphatic carbocycles. The third kappa shape index (κ3) is 5.01. The summed E-state index contributed by atoms with van der Waals surface area (Å²) in [7, 11) is 0. The maximum atomic E-state index is 13.5. The van der Waals surface area contributed by atoms with Gasteiger partial charge in [0.25, 0.3) is 5.91 Å². The first-order valence-electron chi connectivity index (χ1n) is 9.41. The van der Waals surface area contributed by atoms with E-state index in [4.69, 9.17) is 11.6 Å². The van der Waals surface area contributed by atoms with Crippen LogP contribution in [0.2, 0.25) is 5.02 Å². The van der Waals surface area contributed by atoms with E-state index in [1.54, 1.807) is 54.0 Å². The molecule has 2 amide bonds. The Morgan fingerprint density at radius 3 is 2.63 bits per heavy atom. The summed E-state index contributed by atoms with van der Waals surface area (Å²) in [5.41, 5.74) is 0.567. The predicted octanol–water partition coefficient (Wildman–Crippen LogP) is 4.28. The van der Waals surface area contributed by atoms with Gasteiger partial charge in [-0.1, -0.05) is 35.1 Å². The Balaban J connectivity index is 2.15. The Hall–Kier alpha value is -2.84. The van der Waals surface area contributed by atoms with Crippen LogP contribution in [0.3, 0.4) is 0 Å². The van der Waals surface area contributed by atoms with Crippen LogP contribution in [0.1, 0.15) is 49.4 Å². The Morgan fingerprint density at radius 2 is 2.03 bits per heavy atom. The van der Waals surface area contributed by atoms with Crippen LogP contribution in [0, 0.1) is 0 Å². The molecule has 3 rings (SSSR count). The summed E-state index contributed by atoms with van der Waals surface area (Å²) in [6, 6.07) is 11.0. The summed E-state index contributed by atoms with van der Waals surface area (Å²) in [4.78, 5) is 32.7. The van der Waals surface area contributed by atoms with Gasteiger partial charge in [-0.15, -0.1) is 5.10 Å². The summed E-state index contributed by atoms with van der Waals surface area (Å²) >= 11 is 7.26. The zero-order chi connectivity index (χ0) is 21.7. The fourth-order valence-corrected chi connectivity index (χ4v) is 3.42. The van der Waals surface area contributed by atoms with Gasteiger partial charge in [0, 0.05) is 27.8 Å². The highest BCUT2D eigenvalue weighted by Gasteiger charge is 2.37. The summed E-state index contributed by atoms with van der Waals surface area (Å²) in [5.74, 6) is -0.816. The first-order valence-corrected chi connectivity index (χ1v) is 10.6. The van der Waals surface area contributed by atoms with Gasteiger partial charge in [0.1, 0.15) is 0 Å². The van der Waals surface area contributed by atoms with Crippen LogP contribution < -0.4 is 10.2 Å². The van der Waals surface area contributed by atoms with Crippen molar-refractivity contribution in [3.63, 3.8) is 0 Å². The molecule has 0 aliphatic heterocycles. The molecule has 1 N–H and O–H groups in total. The Labute approximate surface area is 184 Å². The van der Waals surface area contributed by atoms with E-state index in [-0.39, 0.29) is 11.6 Å². The fourth-order valence-electron chi connectivity index (χ4n) is 2.80. The molecule has 9 heteroatoms. The molecule has 156 valence electrons. The second-order valence-electron chi connectivity index (χ2n) is 7.33. The van der Waals surface area contributed by atoms with Gasteiger partial charge in [0.2, 0.25) is 5.91 Å². The average molecular weight is 444 g/mol. The first-order chi connectivity index (χ1) is 14.3. The van der Waals surface area contributed by atoms with Gasteiger partial charge in [-0.05, 0) is 62.1 Å². The quantitative estimate of drug-likeness (QED) is 0.588. The fraction of sp³-hybridized carbons (Fsp3) is 0.286. The third-order valence-electron chi connectivity index (χ3n) is 4.70. The second kappa shape index (κ2) is 9.32. The minimum atomic E-state index is -1.02. The molecule has 7 nitrogen and oxygen atoms in total. The number of rotatable bonds is 7. The highest BCUT2D eigenvalue weighted by atomic mass is 35.5. The van der Waals surface area contributed by atoms with E-state index in [1.165, 1.54) is 4.90 Å². The Morgan fingerprint density at radius 1 is 1.23 bits per heavy atom. The van der Waals surface area contributed by atoms with Crippen molar-refractivity contribution in [3.05, 3.63) is 70.5 Å². The summed E-state index contributed by atoms with van der Waals surface area (Å²) in [6.45, 7) is 5.84. The molecular weight excluding hydrogens is 422 g/mol. The number of pyridine rings is 1. The summed E-state index contributed by atoms with van der Waals surface area (Å²) < 4.78 is 3.79. The highest BCUT2D eigenvalue weighted by molar-refractivity contribution is 7.03. The molecule has 2 heterocycles. The average Bonchev–Trinajstić information content (AvgIpc) is 3.26. The van der Waals surface area contributed by atoms with Gasteiger partial charge < -0.3 is 5.32 Å². The van der Waals surface area contributed by atoms with Crippen molar-refractivity contribution in [3.8, 4) is 0 Å². The molecule has 2 aromatic heterocycles. The minimum Gasteiger partial charge on any atom is -0.349 e. The van der Waals surface area contributed by atoms with Gasteiger partial charge in [-0.3, -0.25) is 19.5 Å². The number of carbonyl (C=O) groups excluding carboxylic acids is 2. The predicted molar refractivity (Wildman–Crippen MR) is 118 cm³/mol. The van der Waals surface area contributed by atoms with Crippen LogP contribution in [0.4, 0.5) is 5.69 Å². The third-order valence-corrected chi connectivity index (χ3v) is 5.44. The molecule has 1 atom stereocenters. The van der Waals surface area contributed by atoms with E-state index < -0.39 is 17.5 Å². The van der Waals surface area contributed by atoms with Crippen LogP contribution in [-0.4, -0.2) is 31.9 Å². The molecule has 0 saturated heterocycles. The molecule has 0 radical (unpaired) electrons. The van der Waals surface area contributed by atoms with Crippen molar-refractivity contribution >= 4 is 40.6 Å². The zero-order valence-corrected chi connectivity index (χ0v) is 18.4. The Bertz CT molecular complexity index is 1010. The topological polar surface area (TPSA) is 88.1 Å².